The molecule has 0 heterocycles. The zero-order valence-electron chi connectivity index (χ0n) is 7.60. The summed E-state index contributed by atoms with van der Waals surface area (Å²) >= 11 is 5.34. The molecular formula is C8H16ClNO2. The minimum absolute atomic E-state index is 0.0178. The predicted molar refractivity (Wildman–Crippen MR) is 49.4 cm³/mol. The molecule has 1 atom stereocenters. The van der Waals surface area contributed by atoms with Crippen LogP contribution in [0.5, 0.6) is 0 Å². The fourth-order valence-corrected chi connectivity index (χ4v) is 1.09. The molecule has 1 N–H and O–H groups in total. The van der Waals surface area contributed by atoms with E-state index in [4.69, 9.17) is 16.3 Å². The second-order valence-corrected chi connectivity index (χ2v) is 2.91. The fourth-order valence-electron chi connectivity index (χ4n) is 1.01. The summed E-state index contributed by atoms with van der Waals surface area (Å²) in [5, 5.41) is 2.77. The van der Waals surface area contributed by atoms with Gasteiger partial charge in [-0.25, -0.2) is 0 Å². The van der Waals surface area contributed by atoms with E-state index in [2.05, 4.69) is 12.2 Å². The van der Waals surface area contributed by atoms with E-state index in [1.807, 2.05) is 0 Å². The SMILES string of the molecule is CCCC(COC)NC(=O)CCl. The standard InChI is InChI=1S/C8H16ClNO2/c1-3-4-7(6-12-2)10-8(11)5-9/h7H,3-6H2,1-2H3,(H,10,11). The van der Waals surface area contributed by atoms with Crippen molar-refractivity contribution >= 4 is 17.5 Å². The van der Waals surface area contributed by atoms with Crippen LogP contribution in [-0.2, 0) is 9.53 Å². The molecule has 3 nitrogen and oxygen atoms in total. The Kier molecular flexibility index (Phi) is 7.20. The first kappa shape index (κ1) is 11.7. The molecule has 0 saturated heterocycles. The lowest BCUT2D eigenvalue weighted by molar-refractivity contribution is -0.119. The molecule has 0 aliphatic carbocycles. The van der Waals surface area contributed by atoms with Gasteiger partial charge in [0.1, 0.15) is 5.88 Å². The number of halogens is 1. The van der Waals surface area contributed by atoms with Crippen molar-refractivity contribution in [2.75, 3.05) is 19.6 Å². The van der Waals surface area contributed by atoms with Crippen molar-refractivity contribution in [2.24, 2.45) is 0 Å². The largest absolute Gasteiger partial charge is 0.383 e. The van der Waals surface area contributed by atoms with Crippen LogP contribution in [0, 0.1) is 0 Å². The van der Waals surface area contributed by atoms with Crippen molar-refractivity contribution in [2.45, 2.75) is 25.8 Å². The lowest BCUT2D eigenvalue weighted by Gasteiger charge is -2.15. The lowest BCUT2D eigenvalue weighted by atomic mass is 10.2. The van der Waals surface area contributed by atoms with Crippen molar-refractivity contribution in [1.29, 1.82) is 0 Å². The number of rotatable bonds is 6. The smallest absolute Gasteiger partial charge is 0.235 e. The van der Waals surface area contributed by atoms with Crippen LogP contribution in [0.4, 0.5) is 0 Å². The molecule has 72 valence electrons. The van der Waals surface area contributed by atoms with Crippen LogP contribution in [0.15, 0.2) is 0 Å². The van der Waals surface area contributed by atoms with Crippen molar-refractivity contribution in [3.63, 3.8) is 0 Å². The summed E-state index contributed by atoms with van der Waals surface area (Å²) < 4.78 is 4.94. The van der Waals surface area contributed by atoms with E-state index in [9.17, 15) is 4.79 Å². The predicted octanol–water partition coefficient (Wildman–Crippen LogP) is 1.16. The molecule has 0 radical (unpaired) electrons. The lowest BCUT2D eigenvalue weighted by Crippen LogP contribution is -2.38. The Morgan fingerprint density at radius 3 is 2.75 bits per heavy atom. The van der Waals surface area contributed by atoms with E-state index in [1.165, 1.54) is 0 Å². The van der Waals surface area contributed by atoms with Gasteiger partial charge in [0, 0.05) is 7.11 Å². The summed E-state index contributed by atoms with van der Waals surface area (Å²) in [6, 6.07) is 0.103. The number of hydrogen-bond donors (Lipinski definition) is 1. The zero-order chi connectivity index (χ0) is 9.40. The molecular weight excluding hydrogens is 178 g/mol. The molecule has 12 heavy (non-hydrogen) atoms. The minimum Gasteiger partial charge on any atom is -0.383 e. The molecule has 1 unspecified atom stereocenters. The molecule has 0 bridgehead atoms. The first-order valence-corrected chi connectivity index (χ1v) is 4.62. The molecule has 0 fully saturated rings. The van der Waals surface area contributed by atoms with E-state index in [-0.39, 0.29) is 17.8 Å². The summed E-state index contributed by atoms with van der Waals surface area (Å²) in [6.45, 7) is 2.62. The van der Waals surface area contributed by atoms with Gasteiger partial charge in [0.15, 0.2) is 0 Å². The Labute approximate surface area is 78.4 Å². The molecule has 1 amide bonds. The van der Waals surface area contributed by atoms with Crippen molar-refractivity contribution in [3.05, 3.63) is 0 Å². The van der Waals surface area contributed by atoms with Crippen LogP contribution in [0.25, 0.3) is 0 Å². The quantitative estimate of drug-likeness (QED) is 0.643. The Balaban J connectivity index is 3.68. The number of amides is 1. The molecule has 0 rings (SSSR count). The number of nitrogens with one attached hydrogen (secondary N) is 1. The Hall–Kier alpha value is -0.280. The maximum atomic E-state index is 10.9. The molecule has 0 aliphatic rings. The van der Waals surface area contributed by atoms with Gasteiger partial charge >= 0.3 is 0 Å². The normalized spacial score (nSPS) is 12.6. The van der Waals surface area contributed by atoms with Crippen molar-refractivity contribution < 1.29 is 9.53 Å². The summed E-state index contributed by atoms with van der Waals surface area (Å²) in [6.07, 6.45) is 1.95. The van der Waals surface area contributed by atoms with Gasteiger partial charge in [0.25, 0.3) is 0 Å². The molecule has 0 spiro atoms. The molecule has 0 aromatic rings. The Morgan fingerprint density at radius 1 is 1.67 bits per heavy atom. The third-order valence-corrected chi connectivity index (χ3v) is 1.73. The maximum absolute atomic E-state index is 10.9. The second kappa shape index (κ2) is 7.37. The second-order valence-electron chi connectivity index (χ2n) is 2.64. The van der Waals surface area contributed by atoms with Crippen LogP contribution < -0.4 is 5.32 Å². The third-order valence-electron chi connectivity index (χ3n) is 1.49. The summed E-state index contributed by atoms with van der Waals surface area (Å²) in [5.41, 5.74) is 0. The van der Waals surface area contributed by atoms with E-state index in [0.717, 1.165) is 12.8 Å². The number of hydrogen-bond acceptors (Lipinski definition) is 2. The van der Waals surface area contributed by atoms with Gasteiger partial charge in [-0.2, -0.15) is 0 Å². The van der Waals surface area contributed by atoms with Gasteiger partial charge in [0.05, 0.1) is 12.6 Å². The molecule has 0 saturated carbocycles. The van der Waals surface area contributed by atoms with Gasteiger partial charge in [-0.1, -0.05) is 13.3 Å². The average molecular weight is 194 g/mol. The highest BCUT2D eigenvalue weighted by Crippen LogP contribution is 1.97. The number of methoxy groups -OCH3 is 1. The van der Waals surface area contributed by atoms with Crippen LogP contribution >= 0.6 is 11.6 Å². The zero-order valence-corrected chi connectivity index (χ0v) is 8.36. The van der Waals surface area contributed by atoms with Crippen LogP contribution in [0.2, 0.25) is 0 Å². The van der Waals surface area contributed by atoms with E-state index >= 15 is 0 Å². The summed E-state index contributed by atoms with van der Waals surface area (Å²) in [5.74, 6) is -0.114. The fraction of sp³-hybridized carbons (Fsp3) is 0.875. The molecule has 0 aliphatic heterocycles. The van der Waals surface area contributed by atoms with Crippen LogP contribution in [0.3, 0.4) is 0 Å². The number of ether oxygens (including phenoxy) is 1. The van der Waals surface area contributed by atoms with Gasteiger partial charge in [-0.3, -0.25) is 4.79 Å². The van der Waals surface area contributed by atoms with Gasteiger partial charge in [-0.15, -0.1) is 11.6 Å². The minimum atomic E-state index is -0.132. The number of carbonyl (C=O) groups is 1. The number of alkyl halides is 1. The highest BCUT2D eigenvalue weighted by Gasteiger charge is 2.09. The van der Waals surface area contributed by atoms with E-state index < -0.39 is 0 Å². The highest BCUT2D eigenvalue weighted by molar-refractivity contribution is 6.27. The van der Waals surface area contributed by atoms with Crippen LogP contribution in [0.1, 0.15) is 19.8 Å². The summed E-state index contributed by atoms with van der Waals surface area (Å²) in [4.78, 5) is 10.9. The van der Waals surface area contributed by atoms with Crippen LogP contribution in [-0.4, -0.2) is 31.5 Å². The Morgan fingerprint density at radius 2 is 2.33 bits per heavy atom. The summed E-state index contributed by atoms with van der Waals surface area (Å²) in [7, 11) is 1.62. The van der Waals surface area contributed by atoms with Crippen molar-refractivity contribution in [3.8, 4) is 0 Å². The third kappa shape index (κ3) is 5.38. The topological polar surface area (TPSA) is 38.3 Å². The molecule has 0 aromatic carbocycles. The Bertz CT molecular complexity index is 124. The van der Waals surface area contributed by atoms with Gasteiger partial charge < -0.3 is 10.1 Å². The van der Waals surface area contributed by atoms with Gasteiger partial charge in [0.2, 0.25) is 5.91 Å². The highest BCUT2D eigenvalue weighted by atomic mass is 35.5. The first-order valence-electron chi connectivity index (χ1n) is 4.08. The first-order chi connectivity index (χ1) is 5.74. The molecule has 0 aromatic heterocycles. The molecule has 4 heteroatoms. The monoisotopic (exact) mass is 193 g/mol. The number of carbonyl (C=O) groups excluding carboxylic acids is 1. The van der Waals surface area contributed by atoms with Crippen molar-refractivity contribution in [1.82, 2.24) is 5.32 Å². The van der Waals surface area contributed by atoms with E-state index in [1.54, 1.807) is 7.11 Å². The van der Waals surface area contributed by atoms with E-state index in [0.29, 0.717) is 6.61 Å². The average Bonchev–Trinajstić information content (AvgIpc) is 2.05. The maximum Gasteiger partial charge on any atom is 0.235 e. The van der Waals surface area contributed by atoms with Gasteiger partial charge in [-0.05, 0) is 6.42 Å².